The molecule has 11 heteroatoms. The Kier molecular flexibility index (Phi) is 8.69. The number of amides is 3. The van der Waals surface area contributed by atoms with Crippen LogP contribution >= 0.6 is 0 Å². The van der Waals surface area contributed by atoms with Gasteiger partial charge in [-0.25, -0.2) is 4.98 Å². The second kappa shape index (κ2) is 12.0. The van der Waals surface area contributed by atoms with E-state index in [9.17, 15) is 19.2 Å². The highest BCUT2D eigenvalue weighted by Gasteiger charge is 2.50. The summed E-state index contributed by atoms with van der Waals surface area (Å²) >= 11 is 0. The van der Waals surface area contributed by atoms with Crippen LogP contribution in [-0.2, 0) is 25.5 Å². The molecule has 4 N–H and O–H groups in total. The maximum absolute atomic E-state index is 13.7. The fraction of sp³-hybridized carbons (Fsp3) is 0.536. The molecule has 4 rings (SSSR count). The van der Waals surface area contributed by atoms with Gasteiger partial charge in [-0.3, -0.25) is 19.2 Å². The molecular formula is C28H37N5O6. The largest absolute Gasteiger partial charge is 0.497 e. The Morgan fingerprint density at radius 2 is 1.77 bits per heavy atom. The van der Waals surface area contributed by atoms with Crippen molar-refractivity contribution in [1.29, 1.82) is 0 Å². The first-order valence-corrected chi connectivity index (χ1v) is 13.4. The number of aromatic nitrogens is 2. The SMILES string of the molecule is COc1ccc(C[C@H](NC(=O)[C@@H](C)n2ccnc2C(N)=O)C(=O)N[C@@H](CC2CCCC2)C(=O)[C@@]2(C)CO2)cc1. The fourth-order valence-corrected chi connectivity index (χ4v) is 5.14. The van der Waals surface area contributed by atoms with Crippen LogP contribution in [0.3, 0.4) is 0 Å². The molecule has 0 spiro atoms. The van der Waals surface area contributed by atoms with E-state index in [1.165, 1.54) is 17.0 Å². The third-order valence-corrected chi connectivity index (χ3v) is 7.69. The summed E-state index contributed by atoms with van der Waals surface area (Å²) in [6.45, 7) is 3.66. The summed E-state index contributed by atoms with van der Waals surface area (Å²) in [5, 5.41) is 5.76. The molecule has 2 aromatic rings. The van der Waals surface area contributed by atoms with E-state index in [-0.39, 0.29) is 18.0 Å². The van der Waals surface area contributed by atoms with Crippen molar-refractivity contribution in [2.24, 2.45) is 11.7 Å². The molecule has 1 aromatic carbocycles. The van der Waals surface area contributed by atoms with Gasteiger partial charge in [0.2, 0.25) is 11.8 Å². The molecule has 1 aliphatic heterocycles. The summed E-state index contributed by atoms with van der Waals surface area (Å²) in [4.78, 5) is 55.9. The van der Waals surface area contributed by atoms with Crippen molar-refractivity contribution in [3.63, 3.8) is 0 Å². The van der Waals surface area contributed by atoms with Crippen molar-refractivity contribution in [2.75, 3.05) is 13.7 Å². The Bertz CT molecular complexity index is 1200. The van der Waals surface area contributed by atoms with E-state index in [2.05, 4.69) is 15.6 Å². The number of carbonyl (C=O) groups is 4. The molecule has 1 aromatic heterocycles. The Morgan fingerprint density at radius 3 is 2.36 bits per heavy atom. The van der Waals surface area contributed by atoms with Gasteiger partial charge in [0.15, 0.2) is 11.6 Å². The highest BCUT2D eigenvalue weighted by atomic mass is 16.6. The van der Waals surface area contributed by atoms with Crippen LogP contribution in [0.25, 0.3) is 0 Å². The molecule has 210 valence electrons. The van der Waals surface area contributed by atoms with Gasteiger partial charge < -0.3 is 30.4 Å². The third kappa shape index (κ3) is 6.83. The molecule has 0 radical (unpaired) electrons. The Balaban J connectivity index is 1.54. The van der Waals surface area contributed by atoms with E-state index < -0.39 is 41.4 Å². The first kappa shape index (κ1) is 28.3. The fourth-order valence-electron chi connectivity index (χ4n) is 5.14. The number of rotatable bonds is 13. The van der Waals surface area contributed by atoms with Crippen molar-refractivity contribution in [1.82, 2.24) is 20.2 Å². The number of hydrogen-bond donors (Lipinski definition) is 3. The minimum atomic E-state index is -0.985. The summed E-state index contributed by atoms with van der Waals surface area (Å²) in [7, 11) is 1.56. The van der Waals surface area contributed by atoms with Gasteiger partial charge in [-0.15, -0.1) is 0 Å². The zero-order valence-corrected chi connectivity index (χ0v) is 22.6. The number of methoxy groups -OCH3 is 1. The lowest BCUT2D eigenvalue weighted by Gasteiger charge is -2.26. The number of benzene rings is 1. The van der Waals surface area contributed by atoms with Crippen LogP contribution in [0, 0.1) is 5.92 Å². The highest BCUT2D eigenvalue weighted by molar-refractivity contribution is 5.98. The number of carbonyl (C=O) groups excluding carboxylic acids is 4. The standard InChI is InChI=1S/C28H37N5O6/c1-17(33-13-12-30-25(33)24(29)35)26(36)32-22(15-19-8-10-20(38-3)11-9-19)27(37)31-21(14-18-6-4-5-7-18)23(34)28(2)16-39-28/h8-13,17-18,21-22H,4-7,14-16H2,1-3H3,(H2,29,35)(H,31,37)(H,32,36)/t17-,21+,22+,28-/m1/s1. The number of nitrogens with zero attached hydrogens (tertiary/aromatic N) is 2. The lowest BCUT2D eigenvalue weighted by atomic mass is 9.90. The van der Waals surface area contributed by atoms with Crippen LogP contribution in [0.2, 0.25) is 0 Å². The minimum Gasteiger partial charge on any atom is -0.497 e. The number of primary amides is 1. The van der Waals surface area contributed by atoms with Crippen molar-refractivity contribution >= 4 is 23.5 Å². The molecule has 1 saturated heterocycles. The van der Waals surface area contributed by atoms with E-state index in [0.29, 0.717) is 24.7 Å². The number of Topliss-reactive ketones (excluding diaryl/α,β-unsaturated/α-hetero) is 1. The summed E-state index contributed by atoms with van der Waals surface area (Å²) in [6.07, 6.45) is 7.85. The van der Waals surface area contributed by atoms with Gasteiger partial charge in [-0.1, -0.05) is 37.8 Å². The van der Waals surface area contributed by atoms with Gasteiger partial charge in [0, 0.05) is 18.8 Å². The number of nitrogens with two attached hydrogens (primary N) is 1. The lowest BCUT2D eigenvalue weighted by Crippen LogP contribution is -2.55. The average Bonchev–Trinajstić information content (AvgIpc) is 3.28. The molecule has 1 saturated carbocycles. The molecule has 4 atom stereocenters. The molecule has 11 nitrogen and oxygen atoms in total. The van der Waals surface area contributed by atoms with E-state index >= 15 is 0 Å². The Morgan fingerprint density at radius 1 is 1.13 bits per heavy atom. The quantitative estimate of drug-likeness (QED) is 0.327. The Labute approximate surface area is 227 Å². The van der Waals surface area contributed by atoms with Crippen LogP contribution in [0.15, 0.2) is 36.7 Å². The molecule has 39 heavy (non-hydrogen) atoms. The van der Waals surface area contributed by atoms with Crippen molar-refractivity contribution < 1.29 is 28.7 Å². The van der Waals surface area contributed by atoms with Crippen molar-refractivity contribution in [3.8, 4) is 5.75 Å². The van der Waals surface area contributed by atoms with E-state index in [0.717, 1.165) is 31.2 Å². The van der Waals surface area contributed by atoms with Crippen LogP contribution in [0.1, 0.15) is 68.2 Å². The van der Waals surface area contributed by atoms with Crippen molar-refractivity contribution in [2.45, 2.75) is 76.1 Å². The van der Waals surface area contributed by atoms with Gasteiger partial charge in [-0.05, 0) is 43.9 Å². The summed E-state index contributed by atoms with van der Waals surface area (Å²) in [5.41, 5.74) is 5.30. The number of epoxide rings is 1. The number of imidazole rings is 1. The molecule has 0 unspecified atom stereocenters. The van der Waals surface area contributed by atoms with Crippen LogP contribution in [0.5, 0.6) is 5.75 Å². The van der Waals surface area contributed by atoms with E-state index in [4.69, 9.17) is 15.2 Å². The van der Waals surface area contributed by atoms with Gasteiger partial charge in [0.05, 0.1) is 19.8 Å². The molecule has 0 bridgehead atoms. The first-order chi connectivity index (χ1) is 18.6. The second-order valence-corrected chi connectivity index (χ2v) is 10.6. The molecule has 3 amide bonds. The van der Waals surface area contributed by atoms with E-state index in [1.54, 1.807) is 33.1 Å². The number of hydrogen-bond acceptors (Lipinski definition) is 7. The van der Waals surface area contributed by atoms with Crippen LogP contribution in [0.4, 0.5) is 0 Å². The molecule has 2 aliphatic rings. The normalized spacial score (nSPS) is 21.0. The zero-order chi connectivity index (χ0) is 28.2. The number of ether oxygens (including phenoxy) is 2. The summed E-state index contributed by atoms with van der Waals surface area (Å²) < 4.78 is 12.0. The number of ketones is 1. The van der Waals surface area contributed by atoms with E-state index in [1.807, 2.05) is 12.1 Å². The predicted molar refractivity (Wildman–Crippen MR) is 142 cm³/mol. The maximum Gasteiger partial charge on any atom is 0.284 e. The van der Waals surface area contributed by atoms with Crippen molar-refractivity contribution in [3.05, 3.63) is 48.0 Å². The second-order valence-electron chi connectivity index (χ2n) is 10.6. The minimum absolute atomic E-state index is 0.0614. The first-order valence-electron chi connectivity index (χ1n) is 13.4. The summed E-state index contributed by atoms with van der Waals surface area (Å²) in [6, 6.07) is 4.62. The highest BCUT2D eigenvalue weighted by Crippen LogP contribution is 2.33. The molecular weight excluding hydrogens is 502 g/mol. The Hall–Kier alpha value is -3.73. The third-order valence-electron chi connectivity index (χ3n) is 7.69. The predicted octanol–water partition coefficient (Wildman–Crippen LogP) is 1.70. The topological polar surface area (TPSA) is 158 Å². The lowest BCUT2D eigenvalue weighted by molar-refractivity contribution is -0.133. The van der Waals surface area contributed by atoms with Gasteiger partial charge >= 0.3 is 0 Å². The number of nitrogens with one attached hydrogen (secondary N) is 2. The van der Waals surface area contributed by atoms with Crippen LogP contribution < -0.4 is 21.1 Å². The van der Waals surface area contributed by atoms with Crippen LogP contribution in [-0.4, -0.2) is 64.5 Å². The average molecular weight is 540 g/mol. The molecule has 2 fully saturated rings. The van der Waals surface area contributed by atoms with Gasteiger partial charge in [0.25, 0.3) is 5.91 Å². The summed E-state index contributed by atoms with van der Waals surface area (Å²) in [5.74, 6) is -0.922. The maximum atomic E-state index is 13.7. The smallest absolute Gasteiger partial charge is 0.284 e. The van der Waals surface area contributed by atoms with Gasteiger partial charge in [0.1, 0.15) is 23.4 Å². The van der Waals surface area contributed by atoms with Gasteiger partial charge in [-0.2, -0.15) is 0 Å². The zero-order valence-electron chi connectivity index (χ0n) is 22.6. The molecule has 1 aliphatic carbocycles. The monoisotopic (exact) mass is 539 g/mol. The molecule has 2 heterocycles.